The third-order valence-electron chi connectivity index (χ3n) is 4.17. The second kappa shape index (κ2) is 5.43. The Morgan fingerprint density at radius 1 is 1.30 bits per heavy atom. The third-order valence-corrected chi connectivity index (χ3v) is 4.17. The van der Waals surface area contributed by atoms with Gasteiger partial charge >= 0.3 is 12.3 Å². The largest absolute Gasteiger partial charge is 0.442 e. The molecule has 1 aromatic rings. The Labute approximate surface area is 131 Å². The average molecular weight is 327 g/mol. The van der Waals surface area contributed by atoms with Crippen LogP contribution in [0.2, 0.25) is 0 Å². The summed E-state index contributed by atoms with van der Waals surface area (Å²) in [6.45, 7) is 3.66. The zero-order valence-corrected chi connectivity index (χ0v) is 12.6. The first-order chi connectivity index (χ1) is 10.8. The van der Waals surface area contributed by atoms with E-state index in [4.69, 9.17) is 4.74 Å². The monoisotopic (exact) mass is 327 g/mol. The van der Waals surface area contributed by atoms with E-state index in [1.807, 2.05) is 13.8 Å². The number of cyclic esters (lactones) is 1. The topological polar surface area (TPSA) is 53.9 Å². The molecule has 2 atom stereocenters. The molecular formula is C15H16F3N3O2. The lowest BCUT2D eigenvalue weighted by Gasteiger charge is -2.48. The molecule has 124 valence electrons. The molecule has 3 rings (SSSR count). The number of carbonyl (C=O) groups is 1. The molecule has 8 heteroatoms. The third kappa shape index (κ3) is 2.85. The zero-order chi connectivity index (χ0) is 16.8. The van der Waals surface area contributed by atoms with E-state index in [-0.39, 0.29) is 35.7 Å². The molecule has 0 saturated carbocycles. The molecule has 5 nitrogen and oxygen atoms in total. The molecule has 1 N–H and O–H groups in total. The van der Waals surface area contributed by atoms with Crippen molar-refractivity contribution in [3.05, 3.63) is 29.3 Å². The minimum Gasteiger partial charge on any atom is -0.442 e. The van der Waals surface area contributed by atoms with Gasteiger partial charge < -0.3 is 9.64 Å². The van der Waals surface area contributed by atoms with Crippen LogP contribution in [0.15, 0.2) is 23.3 Å². The Balaban J connectivity index is 2.01. The second-order valence-electron chi connectivity index (χ2n) is 5.82. The van der Waals surface area contributed by atoms with Crippen molar-refractivity contribution in [1.29, 1.82) is 0 Å². The Kier molecular flexibility index (Phi) is 3.69. The van der Waals surface area contributed by atoms with Gasteiger partial charge in [0.25, 0.3) is 0 Å². The number of halogens is 3. The number of ether oxygens (including phenoxy) is 1. The van der Waals surface area contributed by atoms with E-state index in [9.17, 15) is 18.0 Å². The Bertz CT molecular complexity index is 664. The summed E-state index contributed by atoms with van der Waals surface area (Å²) in [7, 11) is 0. The number of hydrazone groups is 1. The van der Waals surface area contributed by atoms with Crippen molar-refractivity contribution in [3.8, 4) is 0 Å². The van der Waals surface area contributed by atoms with Crippen molar-refractivity contribution < 1.29 is 22.7 Å². The van der Waals surface area contributed by atoms with Crippen LogP contribution in [0.4, 0.5) is 23.7 Å². The maximum absolute atomic E-state index is 13.5. The molecule has 1 fully saturated rings. The summed E-state index contributed by atoms with van der Waals surface area (Å²) in [5.74, 6) is 0. The van der Waals surface area contributed by atoms with Gasteiger partial charge in [0.1, 0.15) is 12.3 Å². The molecular weight excluding hydrogens is 311 g/mol. The van der Waals surface area contributed by atoms with Crippen molar-refractivity contribution in [3.63, 3.8) is 0 Å². The lowest BCUT2D eigenvalue weighted by molar-refractivity contribution is -0.137. The molecule has 2 aliphatic rings. The van der Waals surface area contributed by atoms with Gasteiger partial charge in [-0.05, 0) is 32.4 Å². The van der Waals surface area contributed by atoms with E-state index >= 15 is 0 Å². The maximum Gasteiger partial charge on any atom is 0.428 e. The molecule has 0 spiro atoms. The van der Waals surface area contributed by atoms with Crippen LogP contribution in [-0.2, 0) is 10.9 Å². The number of amides is 1. The molecule has 1 aromatic carbocycles. The Morgan fingerprint density at radius 2 is 2.00 bits per heavy atom. The van der Waals surface area contributed by atoms with Crippen LogP contribution >= 0.6 is 0 Å². The van der Waals surface area contributed by atoms with Gasteiger partial charge in [-0.25, -0.2) is 10.2 Å². The number of alkyl halides is 3. The molecule has 0 aliphatic carbocycles. The highest BCUT2D eigenvalue weighted by Crippen LogP contribution is 2.42. The van der Waals surface area contributed by atoms with Gasteiger partial charge in [-0.2, -0.15) is 18.3 Å². The first-order valence-electron chi connectivity index (χ1n) is 7.26. The smallest absolute Gasteiger partial charge is 0.428 e. The molecule has 2 unspecified atom stereocenters. The number of hydrogen-bond acceptors (Lipinski definition) is 4. The molecule has 2 heterocycles. The number of rotatable bonds is 2. The van der Waals surface area contributed by atoms with E-state index in [0.29, 0.717) is 0 Å². The summed E-state index contributed by atoms with van der Waals surface area (Å²) in [6, 6.07) is 4.25. The molecule has 1 amide bonds. The summed E-state index contributed by atoms with van der Waals surface area (Å²) < 4.78 is 45.1. The SMILES string of the molecule is CC1CC(C)N1c1ccc(C2=NNC(=O)OC2)cc1C(F)(F)F. The van der Waals surface area contributed by atoms with E-state index in [1.54, 1.807) is 11.0 Å². The van der Waals surface area contributed by atoms with Gasteiger partial charge in [0.2, 0.25) is 0 Å². The summed E-state index contributed by atoms with van der Waals surface area (Å²) in [4.78, 5) is 12.7. The normalized spacial score (nSPS) is 24.5. The molecule has 23 heavy (non-hydrogen) atoms. The molecule has 1 saturated heterocycles. The summed E-state index contributed by atoms with van der Waals surface area (Å²) in [6.07, 6.45) is -4.32. The van der Waals surface area contributed by atoms with E-state index in [0.717, 1.165) is 12.5 Å². The highest BCUT2D eigenvalue weighted by atomic mass is 19.4. The number of benzene rings is 1. The predicted octanol–water partition coefficient (Wildman–Crippen LogP) is 3.14. The van der Waals surface area contributed by atoms with E-state index < -0.39 is 17.8 Å². The van der Waals surface area contributed by atoms with Gasteiger partial charge in [-0.15, -0.1) is 0 Å². The molecule has 0 radical (unpaired) electrons. The number of nitrogens with one attached hydrogen (secondary N) is 1. The second-order valence-corrected chi connectivity index (χ2v) is 5.82. The first-order valence-corrected chi connectivity index (χ1v) is 7.26. The van der Waals surface area contributed by atoms with Crippen molar-refractivity contribution >= 4 is 17.5 Å². The first kappa shape index (κ1) is 15.6. The van der Waals surface area contributed by atoms with Crippen molar-refractivity contribution in [2.75, 3.05) is 11.5 Å². The van der Waals surface area contributed by atoms with Crippen molar-refractivity contribution in [1.82, 2.24) is 5.43 Å². The van der Waals surface area contributed by atoms with Crippen molar-refractivity contribution in [2.45, 2.75) is 38.5 Å². The van der Waals surface area contributed by atoms with E-state index in [1.165, 1.54) is 6.07 Å². The summed E-state index contributed by atoms with van der Waals surface area (Å²) >= 11 is 0. The van der Waals surface area contributed by atoms with Crippen LogP contribution in [-0.4, -0.2) is 30.5 Å². The Hall–Kier alpha value is -2.25. The van der Waals surface area contributed by atoms with Crippen LogP contribution in [0.1, 0.15) is 31.4 Å². The predicted molar refractivity (Wildman–Crippen MR) is 78.5 cm³/mol. The molecule has 0 aromatic heterocycles. The Morgan fingerprint density at radius 3 is 2.52 bits per heavy atom. The van der Waals surface area contributed by atoms with Gasteiger partial charge in [0, 0.05) is 23.3 Å². The highest BCUT2D eigenvalue weighted by Gasteiger charge is 2.40. The number of nitrogens with zero attached hydrogens (tertiary/aromatic N) is 2. The standard InChI is InChI=1S/C15H16F3N3O2/c1-8-5-9(2)21(8)13-4-3-10(6-11(13)15(16,17)18)12-7-23-14(22)20-19-12/h3-4,6,8-9H,5,7H2,1-2H3,(H,20,22). The fourth-order valence-electron chi connectivity index (χ4n) is 3.12. The fraction of sp³-hybridized carbons (Fsp3) is 0.467. The minimum absolute atomic E-state index is 0.0755. The van der Waals surface area contributed by atoms with Gasteiger partial charge in [-0.1, -0.05) is 6.07 Å². The fourth-order valence-corrected chi connectivity index (χ4v) is 3.12. The number of anilines is 1. The minimum atomic E-state index is -4.47. The van der Waals surface area contributed by atoms with Crippen LogP contribution in [0.3, 0.4) is 0 Å². The number of carbonyl (C=O) groups excluding carboxylic acids is 1. The van der Waals surface area contributed by atoms with Crippen molar-refractivity contribution in [2.24, 2.45) is 5.10 Å². The molecule has 2 aliphatic heterocycles. The average Bonchev–Trinajstić information content (AvgIpc) is 2.47. The van der Waals surface area contributed by atoms with Gasteiger partial charge in [-0.3, -0.25) is 0 Å². The van der Waals surface area contributed by atoms with Crippen LogP contribution in [0.25, 0.3) is 0 Å². The van der Waals surface area contributed by atoms with E-state index in [2.05, 4.69) is 10.5 Å². The summed E-state index contributed by atoms with van der Waals surface area (Å²) in [5.41, 5.74) is 2.11. The van der Waals surface area contributed by atoms with Crippen LogP contribution < -0.4 is 10.3 Å². The maximum atomic E-state index is 13.5. The lowest BCUT2D eigenvalue weighted by Crippen LogP contribution is -2.53. The lowest BCUT2D eigenvalue weighted by atomic mass is 9.92. The molecule has 0 bridgehead atoms. The van der Waals surface area contributed by atoms with Crippen LogP contribution in [0.5, 0.6) is 0 Å². The van der Waals surface area contributed by atoms with Gasteiger partial charge in [0.05, 0.1) is 5.56 Å². The van der Waals surface area contributed by atoms with Gasteiger partial charge in [0.15, 0.2) is 0 Å². The highest BCUT2D eigenvalue weighted by molar-refractivity contribution is 6.04. The number of hydrogen-bond donors (Lipinski definition) is 1. The summed E-state index contributed by atoms with van der Waals surface area (Å²) in [5, 5.41) is 3.75. The zero-order valence-electron chi connectivity index (χ0n) is 12.6. The quantitative estimate of drug-likeness (QED) is 0.908. The van der Waals surface area contributed by atoms with Crippen LogP contribution in [0, 0.1) is 0 Å².